The molecule has 0 aliphatic carbocycles. The first kappa shape index (κ1) is 14.8. The van der Waals surface area contributed by atoms with Gasteiger partial charge in [0.05, 0.1) is 17.9 Å². The van der Waals surface area contributed by atoms with Crippen LogP contribution in [0.25, 0.3) is 11.0 Å². The van der Waals surface area contributed by atoms with Gasteiger partial charge in [-0.1, -0.05) is 13.8 Å². The zero-order chi connectivity index (χ0) is 15.7. The van der Waals surface area contributed by atoms with Gasteiger partial charge in [-0.3, -0.25) is 4.79 Å². The van der Waals surface area contributed by atoms with Gasteiger partial charge in [-0.15, -0.1) is 0 Å². The molecule has 22 heavy (non-hydrogen) atoms. The fraction of sp³-hybridized carbons (Fsp3) is 0.562. The molecule has 1 aliphatic rings. The lowest BCUT2D eigenvalue weighted by Gasteiger charge is -2.42. The third-order valence-corrected chi connectivity index (χ3v) is 4.49. The smallest absolute Gasteiger partial charge is 0.309 e. The van der Waals surface area contributed by atoms with E-state index in [0.717, 1.165) is 36.4 Å². The Balaban J connectivity index is 1.76. The van der Waals surface area contributed by atoms with Crippen LogP contribution in [0.1, 0.15) is 26.3 Å². The summed E-state index contributed by atoms with van der Waals surface area (Å²) in [6, 6.07) is 0. The Kier molecular flexibility index (Phi) is 4.00. The molecule has 0 amide bonds. The minimum absolute atomic E-state index is 0.0644. The van der Waals surface area contributed by atoms with Crippen LogP contribution in [-0.2, 0) is 16.0 Å². The number of aromatic nitrogens is 3. The quantitative estimate of drug-likeness (QED) is 0.857. The summed E-state index contributed by atoms with van der Waals surface area (Å²) in [4.78, 5) is 26.0. The van der Waals surface area contributed by atoms with E-state index in [2.05, 4.69) is 26.8 Å². The van der Waals surface area contributed by atoms with Gasteiger partial charge in [0.2, 0.25) is 0 Å². The maximum atomic E-state index is 11.8. The van der Waals surface area contributed by atoms with Gasteiger partial charge in [-0.25, -0.2) is 9.97 Å². The molecule has 3 rings (SSSR count). The van der Waals surface area contributed by atoms with E-state index in [1.54, 1.807) is 6.33 Å². The van der Waals surface area contributed by atoms with Gasteiger partial charge < -0.3 is 14.6 Å². The molecule has 118 valence electrons. The van der Waals surface area contributed by atoms with Crippen LogP contribution in [0, 0.1) is 11.8 Å². The zero-order valence-corrected chi connectivity index (χ0v) is 13.3. The fourth-order valence-electron chi connectivity index (χ4n) is 3.00. The summed E-state index contributed by atoms with van der Waals surface area (Å²) >= 11 is 0. The molecule has 6 heteroatoms. The van der Waals surface area contributed by atoms with Crippen LogP contribution in [0.2, 0.25) is 0 Å². The van der Waals surface area contributed by atoms with Crippen LogP contribution < -0.4 is 4.90 Å². The summed E-state index contributed by atoms with van der Waals surface area (Å²) in [7, 11) is 0. The summed E-state index contributed by atoms with van der Waals surface area (Å²) in [5, 5.41) is 1.10. The van der Waals surface area contributed by atoms with Crippen molar-refractivity contribution >= 4 is 22.8 Å². The van der Waals surface area contributed by atoms with Gasteiger partial charge in [-0.05, 0) is 18.9 Å². The lowest BCUT2D eigenvalue weighted by Crippen LogP contribution is -2.51. The molecule has 1 atom stereocenters. The molecule has 1 aliphatic heterocycles. The minimum Gasteiger partial charge on any atom is -0.466 e. The standard InChI is InChI=1S/C16H22N4O2/c1-4-11-6-17-14-13(11)15(19-9-18-14)20-7-12(8-20)10(3)16(21)22-5-2/h6,9-10,12H,4-5,7-8H2,1-3H3,(H,17,18,19). The molecule has 1 saturated heterocycles. The zero-order valence-electron chi connectivity index (χ0n) is 13.3. The number of hydrogen-bond donors (Lipinski definition) is 1. The summed E-state index contributed by atoms with van der Waals surface area (Å²) in [5.41, 5.74) is 2.11. The number of rotatable bonds is 5. The van der Waals surface area contributed by atoms with Gasteiger partial charge in [0.25, 0.3) is 0 Å². The predicted octanol–water partition coefficient (Wildman–Crippen LogP) is 2.16. The van der Waals surface area contributed by atoms with Crippen molar-refractivity contribution in [2.24, 2.45) is 11.8 Å². The highest BCUT2D eigenvalue weighted by Crippen LogP contribution is 2.34. The Bertz CT molecular complexity index is 676. The highest BCUT2D eigenvalue weighted by Gasteiger charge is 2.37. The third-order valence-electron chi connectivity index (χ3n) is 4.49. The number of anilines is 1. The Labute approximate surface area is 129 Å². The molecule has 2 aromatic rings. The van der Waals surface area contributed by atoms with Gasteiger partial charge >= 0.3 is 5.97 Å². The number of H-pyrrole nitrogens is 1. The average molecular weight is 302 g/mol. The maximum Gasteiger partial charge on any atom is 0.309 e. The van der Waals surface area contributed by atoms with Gasteiger partial charge in [0.1, 0.15) is 17.8 Å². The van der Waals surface area contributed by atoms with E-state index in [0.29, 0.717) is 12.5 Å². The van der Waals surface area contributed by atoms with Crippen molar-refractivity contribution in [1.82, 2.24) is 15.0 Å². The lowest BCUT2D eigenvalue weighted by atomic mass is 9.87. The molecule has 0 spiro atoms. The number of aryl methyl sites for hydroxylation is 1. The average Bonchev–Trinajstić information content (AvgIpc) is 2.89. The second-order valence-corrected chi connectivity index (χ2v) is 5.79. The van der Waals surface area contributed by atoms with Gasteiger partial charge in [0.15, 0.2) is 0 Å². The van der Waals surface area contributed by atoms with Crippen LogP contribution >= 0.6 is 0 Å². The van der Waals surface area contributed by atoms with E-state index in [4.69, 9.17) is 4.74 Å². The summed E-state index contributed by atoms with van der Waals surface area (Å²) in [5.74, 6) is 1.13. The topological polar surface area (TPSA) is 71.1 Å². The van der Waals surface area contributed by atoms with Crippen LogP contribution in [-0.4, -0.2) is 40.6 Å². The number of carbonyl (C=O) groups excluding carboxylic acids is 1. The number of ether oxygens (including phenoxy) is 1. The normalized spacial score (nSPS) is 16.6. The number of nitrogens with zero attached hydrogens (tertiary/aromatic N) is 3. The van der Waals surface area contributed by atoms with Crippen LogP contribution in [0.4, 0.5) is 5.82 Å². The highest BCUT2D eigenvalue weighted by molar-refractivity contribution is 5.91. The number of hydrogen-bond acceptors (Lipinski definition) is 5. The maximum absolute atomic E-state index is 11.8. The highest BCUT2D eigenvalue weighted by atomic mass is 16.5. The molecule has 0 aromatic carbocycles. The SMILES string of the molecule is CCOC(=O)C(C)C1CN(c2ncnc3[nH]cc(CC)c23)C1. The largest absolute Gasteiger partial charge is 0.466 e. The van der Waals surface area contributed by atoms with Crippen molar-refractivity contribution in [2.45, 2.75) is 27.2 Å². The van der Waals surface area contributed by atoms with Crippen molar-refractivity contribution in [3.63, 3.8) is 0 Å². The molecule has 1 unspecified atom stereocenters. The Morgan fingerprint density at radius 2 is 2.23 bits per heavy atom. The van der Waals surface area contributed by atoms with E-state index in [1.165, 1.54) is 5.56 Å². The molecular weight excluding hydrogens is 280 g/mol. The lowest BCUT2D eigenvalue weighted by molar-refractivity contribution is -0.149. The number of carbonyl (C=O) groups is 1. The first-order valence-electron chi connectivity index (χ1n) is 7.88. The predicted molar refractivity (Wildman–Crippen MR) is 84.8 cm³/mol. The van der Waals surface area contributed by atoms with Gasteiger partial charge in [0, 0.05) is 25.2 Å². The molecule has 1 fully saturated rings. The Morgan fingerprint density at radius 1 is 1.45 bits per heavy atom. The monoisotopic (exact) mass is 302 g/mol. The van der Waals surface area contributed by atoms with E-state index in [9.17, 15) is 4.79 Å². The molecule has 0 bridgehead atoms. The Morgan fingerprint density at radius 3 is 2.91 bits per heavy atom. The first-order valence-corrected chi connectivity index (χ1v) is 7.88. The van der Waals surface area contributed by atoms with Crippen LogP contribution in [0.5, 0.6) is 0 Å². The molecule has 0 saturated carbocycles. The number of esters is 1. The third kappa shape index (κ3) is 2.42. The second kappa shape index (κ2) is 5.94. The minimum atomic E-state index is -0.101. The number of aromatic amines is 1. The summed E-state index contributed by atoms with van der Waals surface area (Å²) in [6.45, 7) is 8.02. The Hall–Kier alpha value is -2.11. The molecule has 2 aromatic heterocycles. The van der Waals surface area contributed by atoms with Crippen molar-refractivity contribution < 1.29 is 9.53 Å². The van der Waals surface area contributed by atoms with Crippen molar-refractivity contribution in [3.8, 4) is 0 Å². The fourth-order valence-corrected chi connectivity index (χ4v) is 3.00. The van der Waals surface area contributed by atoms with E-state index >= 15 is 0 Å². The molecule has 0 radical (unpaired) electrons. The number of nitrogens with one attached hydrogen (secondary N) is 1. The summed E-state index contributed by atoms with van der Waals surface area (Å²) < 4.78 is 5.11. The number of fused-ring (bicyclic) bond motifs is 1. The van der Waals surface area contributed by atoms with Crippen molar-refractivity contribution in [3.05, 3.63) is 18.1 Å². The van der Waals surface area contributed by atoms with E-state index in [-0.39, 0.29) is 11.9 Å². The van der Waals surface area contributed by atoms with Crippen molar-refractivity contribution in [2.75, 3.05) is 24.6 Å². The molecular formula is C16H22N4O2. The van der Waals surface area contributed by atoms with Crippen LogP contribution in [0.3, 0.4) is 0 Å². The van der Waals surface area contributed by atoms with E-state index < -0.39 is 0 Å². The molecule has 1 N–H and O–H groups in total. The second-order valence-electron chi connectivity index (χ2n) is 5.79. The first-order chi connectivity index (χ1) is 10.7. The van der Waals surface area contributed by atoms with E-state index in [1.807, 2.05) is 20.0 Å². The van der Waals surface area contributed by atoms with Gasteiger partial charge in [-0.2, -0.15) is 0 Å². The molecule has 6 nitrogen and oxygen atoms in total. The molecule has 3 heterocycles. The van der Waals surface area contributed by atoms with Crippen molar-refractivity contribution in [1.29, 1.82) is 0 Å². The van der Waals surface area contributed by atoms with Crippen LogP contribution in [0.15, 0.2) is 12.5 Å². The summed E-state index contributed by atoms with van der Waals surface area (Å²) in [6.07, 6.45) is 4.54.